The van der Waals surface area contributed by atoms with Gasteiger partial charge in [-0.25, -0.2) is 4.98 Å². The number of aromatic nitrogens is 1. The van der Waals surface area contributed by atoms with E-state index in [1.807, 2.05) is 13.0 Å². The van der Waals surface area contributed by atoms with Gasteiger partial charge >= 0.3 is 0 Å². The molecule has 1 N–H and O–H groups in total. The first-order valence-corrected chi connectivity index (χ1v) is 9.88. The molecule has 118 valence electrons. The second-order valence-corrected chi connectivity index (χ2v) is 8.60. The van der Waals surface area contributed by atoms with Gasteiger partial charge in [0.15, 0.2) is 4.34 Å². The molecule has 0 spiro atoms. The molecule has 5 heteroatoms. The first kappa shape index (κ1) is 14.8. The van der Waals surface area contributed by atoms with Crippen LogP contribution in [0, 0.1) is 17.8 Å². The van der Waals surface area contributed by atoms with Crippen LogP contribution in [-0.4, -0.2) is 18.1 Å². The highest BCUT2D eigenvalue weighted by Gasteiger charge is 2.38. The minimum atomic E-state index is 0.705. The lowest BCUT2D eigenvalue weighted by molar-refractivity contribution is 0.335. The van der Waals surface area contributed by atoms with Crippen LogP contribution in [0.3, 0.4) is 0 Å². The zero-order valence-electron chi connectivity index (χ0n) is 12.9. The van der Waals surface area contributed by atoms with Gasteiger partial charge in [-0.1, -0.05) is 6.42 Å². The first-order chi connectivity index (χ1) is 10.8. The number of hydrogen-bond donors (Lipinski definition) is 1. The second kappa shape index (κ2) is 6.38. The van der Waals surface area contributed by atoms with Gasteiger partial charge in [-0.2, -0.15) is 0 Å². The van der Waals surface area contributed by atoms with E-state index < -0.39 is 0 Å². The molecule has 3 unspecified atom stereocenters. The summed E-state index contributed by atoms with van der Waals surface area (Å²) in [6.45, 7) is 3.85. The molecule has 0 radical (unpaired) electrons. The van der Waals surface area contributed by atoms with Crippen LogP contribution in [0.15, 0.2) is 22.5 Å². The molecule has 2 saturated carbocycles. The number of nitrogens with one attached hydrogen (secondary N) is 1. The summed E-state index contributed by atoms with van der Waals surface area (Å²) >= 11 is 3.44. The van der Waals surface area contributed by atoms with Gasteiger partial charge in [0.25, 0.3) is 0 Å². The predicted molar refractivity (Wildman–Crippen MR) is 93.6 cm³/mol. The van der Waals surface area contributed by atoms with Gasteiger partial charge in [-0.15, -0.1) is 11.3 Å². The lowest BCUT2D eigenvalue weighted by Crippen LogP contribution is -2.22. The summed E-state index contributed by atoms with van der Waals surface area (Å²) in [5.41, 5.74) is 1.07. The average molecular weight is 335 g/mol. The van der Waals surface area contributed by atoms with Gasteiger partial charge in [-0.05, 0) is 74.1 Å². The van der Waals surface area contributed by atoms with E-state index in [0.29, 0.717) is 6.61 Å². The molecule has 3 atom stereocenters. The summed E-state index contributed by atoms with van der Waals surface area (Å²) in [4.78, 5) is 4.69. The third-order valence-electron chi connectivity index (χ3n) is 5.04. The molecule has 2 fully saturated rings. The van der Waals surface area contributed by atoms with E-state index >= 15 is 0 Å². The van der Waals surface area contributed by atoms with Crippen LogP contribution < -0.4 is 9.46 Å². The van der Waals surface area contributed by atoms with Crippen molar-refractivity contribution in [3.05, 3.63) is 18.2 Å². The van der Waals surface area contributed by atoms with E-state index in [4.69, 9.17) is 4.74 Å². The molecule has 1 heterocycles. The SMILES string of the molecule is CCOc1ccc2nc(SNCC3CC4CCC3C4)sc2c1. The molecular weight excluding hydrogens is 312 g/mol. The van der Waals surface area contributed by atoms with Crippen LogP contribution in [0.1, 0.15) is 32.6 Å². The number of benzene rings is 1. The molecule has 0 aliphatic heterocycles. The van der Waals surface area contributed by atoms with E-state index in [1.54, 1.807) is 23.3 Å². The Kier molecular flexibility index (Phi) is 4.29. The van der Waals surface area contributed by atoms with Gasteiger partial charge in [0.2, 0.25) is 0 Å². The Labute approximate surface area is 140 Å². The highest BCUT2D eigenvalue weighted by Crippen LogP contribution is 2.48. The molecule has 2 bridgehead atoms. The van der Waals surface area contributed by atoms with E-state index in [-0.39, 0.29) is 0 Å². The highest BCUT2D eigenvalue weighted by atomic mass is 32.2. The van der Waals surface area contributed by atoms with E-state index in [2.05, 4.69) is 21.8 Å². The smallest absolute Gasteiger partial charge is 0.166 e. The number of thiazole rings is 1. The quantitative estimate of drug-likeness (QED) is 0.775. The Hall–Kier alpha value is -0.780. The van der Waals surface area contributed by atoms with Crippen molar-refractivity contribution in [2.45, 2.75) is 36.9 Å². The third kappa shape index (κ3) is 2.99. The van der Waals surface area contributed by atoms with Crippen LogP contribution in [0.2, 0.25) is 0 Å². The van der Waals surface area contributed by atoms with Gasteiger partial charge in [0, 0.05) is 6.54 Å². The minimum absolute atomic E-state index is 0.705. The largest absolute Gasteiger partial charge is 0.494 e. The maximum atomic E-state index is 5.56. The van der Waals surface area contributed by atoms with Gasteiger partial charge in [0.1, 0.15) is 5.75 Å². The van der Waals surface area contributed by atoms with Gasteiger partial charge in [-0.3, -0.25) is 4.72 Å². The van der Waals surface area contributed by atoms with Crippen LogP contribution >= 0.6 is 23.3 Å². The Morgan fingerprint density at radius 3 is 3.09 bits per heavy atom. The summed E-state index contributed by atoms with van der Waals surface area (Å²) in [6, 6.07) is 6.15. The maximum absolute atomic E-state index is 5.56. The zero-order valence-corrected chi connectivity index (χ0v) is 14.5. The monoisotopic (exact) mass is 334 g/mol. The van der Waals surface area contributed by atoms with Crippen LogP contribution in [0.25, 0.3) is 10.2 Å². The van der Waals surface area contributed by atoms with E-state index in [0.717, 1.165) is 39.9 Å². The predicted octanol–water partition coefficient (Wildman–Crippen LogP) is 4.73. The number of rotatable bonds is 6. The molecule has 4 rings (SSSR count). The third-order valence-corrected chi connectivity index (χ3v) is 6.93. The zero-order chi connectivity index (χ0) is 14.9. The highest BCUT2D eigenvalue weighted by molar-refractivity contribution is 7.99. The molecular formula is C17H22N2OS2. The van der Waals surface area contributed by atoms with E-state index in [1.165, 1.54) is 30.4 Å². The van der Waals surface area contributed by atoms with Crippen molar-refractivity contribution in [2.24, 2.45) is 17.8 Å². The van der Waals surface area contributed by atoms with Crippen LogP contribution in [-0.2, 0) is 0 Å². The van der Waals surface area contributed by atoms with Crippen molar-refractivity contribution in [1.82, 2.24) is 9.71 Å². The molecule has 0 amide bonds. The summed E-state index contributed by atoms with van der Waals surface area (Å²) in [7, 11) is 0. The molecule has 2 aliphatic rings. The van der Waals surface area contributed by atoms with Crippen molar-refractivity contribution >= 4 is 33.5 Å². The number of nitrogens with zero attached hydrogens (tertiary/aromatic N) is 1. The Morgan fingerprint density at radius 2 is 2.32 bits per heavy atom. The van der Waals surface area contributed by atoms with Crippen LogP contribution in [0.4, 0.5) is 0 Å². The minimum Gasteiger partial charge on any atom is -0.494 e. The summed E-state index contributed by atoms with van der Waals surface area (Å²) < 4.78 is 11.4. The molecule has 1 aromatic carbocycles. The van der Waals surface area contributed by atoms with Gasteiger partial charge < -0.3 is 4.74 Å². The number of fused-ring (bicyclic) bond motifs is 3. The van der Waals surface area contributed by atoms with Crippen LogP contribution in [0.5, 0.6) is 5.75 Å². The second-order valence-electron chi connectivity index (χ2n) is 6.43. The number of hydrogen-bond acceptors (Lipinski definition) is 5. The fourth-order valence-corrected chi connectivity index (χ4v) is 5.92. The van der Waals surface area contributed by atoms with Crippen molar-refractivity contribution in [3.8, 4) is 5.75 Å². The Morgan fingerprint density at radius 1 is 1.36 bits per heavy atom. The Bertz CT molecular complexity index is 657. The summed E-state index contributed by atoms with van der Waals surface area (Å²) in [5, 5.41) is 0. The molecule has 22 heavy (non-hydrogen) atoms. The fourth-order valence-electron chi connectivity index (χ4n) is 4.02. The standard InChI is InChI=1S/C17H22N2OS2/c1-2-20-14-5-6-15-16(9-14)21-17(19-15)22-18-10-13-8-11-3-4-12(13)7-11/h5-6,9,11-13,18H,2-4,7-8,10H2,1H3. The van der Waals surface area contributed by atoms with Crippen molar-refractivity contribution in [3.63, 3.8) is 0 Å². The fraction of sp³-hybridized carbons (Fsp3) is 0.588. The Balaban J connectivity index is 1.35. The molecule has 3 nitrogen and oxygen atoms in total. The molecule has 1 aromatic heterocycles. The van der Waals surface area contributed by atoms with Crippen molar-refractivity contribution in [1.29, 1.82) is 0 Å². The molecule has 2 aliphatic carbocycles. The van der Waals surface area contributed by atoms with Crippen molar-refractivity contribution < 1.29 is 4.74 Å². The molecule has 2 aromatic rings. The average Bonchev–Trinajstić information content (AvgIpc) is 3.21. The van der Waals surface area contributed by atoms with Crippen molar-refractivity contribution in [2.75, 3.05) is 13.2 Å². The normalized spacial score (nSPS) is 26.9. The topological polar surface area (TPSA) is 34.1 Å². The summed E-state index contributed by atoms with van der Waals surface area (Å²) in [6.07, 6.45) is 5.87. The lowest BCUT2D eigenvalue weighted by Gasteiger charge is -2.21. The van der Waals surface area contributed by atoms with E-state index in [9.17, 15) is 0 Å². The number of ether oxygens (including phenoxy) is 1. The molecule has 0 saturated heterocycles. The maximum Gasteiger partial charge on any atom is 0.166 e. The lowest BCUT2D eigenvalue weighted by atomic mass is 9.89. The van der Waals surface area contributed by atoms with Gasteiger partial charge in [0.05, 0.1) is 16.8 Å². The first-order valence-electron chi connectivity index (χ1n) is 8.25. The summed E-state index contributed by atoms with van der Waals surface area (Å²) in [5.74, 6) is 3.85.